The van der Waals surface area contributed by atoms with Crippen molar-refractivity contribution in [2.75, 3.05) is 0 Å². The number of nitrogens with two attached hydrogens (primary N) is 1. The first-order valence-electron chi connectivity index (χ1n) is 10.9. The monoisotopic (exact) mass is 449 g/mol. The summed E-state index contributed by atoms with van der Waals surface area (Å²) in [6.45, 7) is 3.68. The quantitative estimate of drug-likeness (QED) is 0.398. The van der Waals surface area contributed by atoms with Gasteiger partial charge in [-0.3, -0.25) is 4.79 Å². The lowest BCUT2D eigenvalue weighted by Crippen LogP contribution is -2.12. The van der Waals surface area contributed by atoms with Crippen LogP contribution in [0.15, 0.2) is 83.3 Å². The molecule has 2 aromatic heterocycles. The fraction of sp³-hybridized carbons (Fsp3) is 0.111. The third-order valence-corrected chi connectivity index (χ3v) is 5.69. The maximum absolute atomic E-state index is 11.4. The summed E-state index contributed by atoms with van der Waals surface area (Å²) in [6, 6.07) is 26.3. The van der Waals surface area contributed by atoms with Crippen LogP contribution in [0.1, 0.15) is 33.2 Å². The normalized spacial score (nSPS) is 11.0. The average Bonchev–Trinajstić information content (AvgIpc) is 3.46. The van der Waals surface area contributed by atoms with Gasteiger partial charge >= 0.3 is 0 Å². The number of carbonyl (C=O) groups is 1. The molecule has 0 aliphatic heterocycles. The number of primary amides is 1. The van der Waals surface area contributed by atoms with Crippen molar-refractivity contribution in [1.82, 2.24) is 20.0 Å². The molecule has 168 valence electrons. The van der Waals surface area contributed by atoms with Gasteiger partial charge in [0.1, 0.15) is 0 Å². The standard InChI is InChI=1S/C27H23N5O2/c1-17-14-25(26(28)33)31-32(17)23-12-8-19(9-13-23)15-22-11-10-21(20-6-4-3-5-7-20)16-24(22)27-30-29-18(2)34-27/h3-14,16H,15H2,1-2H3,(H2,28,33). The van der Waals surface area contributed by atoms with Gasteiger partial charge < -0.3 is 10.2 Å². The van der Waals surface area contributed by atoms with Crippen molar-refractivity contribution in [3.8, 4) is 28.3 Å². The van der Waals surface area contributed by atoms with Crippen molar-refractivity contribution in [1.29, 1.82) is 0 Å². The molecule has 0 radical (unpaired) electrons. The van der Waals surface area contributed by atoms with Gasteiger partial charge in [-0.05, 0) is 59.9 Å². The average molecular weight is 450 g/mol. The predicted octanol–water partition coefficient (Wildman–Crippen LogP) is 4.90. The maximum Gasteiger partial charge on any atom is 0.269 e. The second-order valence-electron chi connectivity index (χ2n) is 8.15. The van der Waals surface area contributed by atoms with E-state index in [9.17, 15) is 4.79 Å². The van der Waals surface area contributed by atoms with Crippen molar-refractivity contribution in [3.05, 3.63) is 107 Å². The number of aromatic nitrogens is 4. The molecule has 5 aromatic rings. The van der Waals surface area contributed by atoms with E-state index in [1.807, 2.05) is 49.4 Å². The molecule has 5 rings (SSSR count). The van der Waals surface area contributed by atoms with E-state index in [4.69, 9.17) is 10.2 Å². The highest BCUT2D eigenvalue weighted by Gasteiger charge is 2.15. The van der Waals surface area contributed by atoms with E-state index in [-0.39, 0.29) is 5.69 Å². The molecule has 3 aromatic carbocycles. The van der Waals surface area contributed by atoms with Crippen LogP contribution in [0.3, 0.4) is 0 Å². The SMILES string of the molecule is Cc1nnc(-c2cc(-c3ccccc3)ccc2Cc2ccc(-n3nc(C(N)=O)cc3C)cc2)o1. The lowest BCUT2D eigenvalue weighted by Gasteiger charge is -2.11. The fourth-order valence-electron chi connectivity index (χ4n) is 3.98. The van der Waals surface area contributed by atoms with Gasteiger partial charge in [-0.1, -0.05) is 54.6 Å². The van der Waals surface area contributed by atoms with E-state index in [1.165, 1.54) is 0 Å². The number of rotatable bonds is 6. The predicted molar refractivity (Wildman–Crippen MR) is 130 cm³/mol. The first kappa shape index (κ1) is 21.3. The van der Waals surface area contributed by atoms with Crippen LogP contribution in [-0.4, -0.2) is 25.9 Å². The molecule has 1 amide bonds. The number of hydrogen-bond acceptors (Lipinski definition) is 5. The molecule has 0 spiro atoms. The molecule has 7 nitrogen and oxygen atoms in total. The Morgan fingerprint density at radius 2 is 1.68 bits per heavy atom. The maximum atomic E-state index is 11.4. The summed E-state index contributed by atoms with van der Waals surface area (Å²) >= 11 is 0. The van der Waals surface area contributed by atoms with E-state index in [1.54, 1.807) is 17.7 Å². The van der Waals surface area contributed by atoms with Crippen molar-refractivity contribution in [3.63, 3.8) is 0 Å². The number of benzene rings is 3. The molecule has 34 heavy (non-hydrogen) atoms. The van der Waals surface area contributed by atoms with Crippen molar-refractivity contribution in [2.24, 2.45) is 5.73 Å². The highest BCUT2D eigenvalue weighted by Crippen LogP contribution is 2.30. The molecule has 0 unspecified atom stereocenters. The Morgan fingerprint density at radius 1 is 0.912 bits per heavy atom. The first-order valence-corrected chi connectivity index (χ1v) is 10.9. The molecule has 2 heterocycles. The van der Waals surface area contributed by atoms with Gasteiger partial charge in [-0.2, -0.15) is 5.10 Å². The summed E-state index contributed by atoms with van der Waals surface area (Å²) in [5.41, 5.74) is 12.6. The van der Waals surface area contributed by atoms with Crippen LogP contribution in [-0.2, 0) is 6.42 Å². The zero-order chi connectivity index (χ0) is 23.7. The Hall–Kier alpha value is -4.52. The second-order valence-corrected chi connectivity index (χ2v) is 8.15. The number of carbonyl (C=O) groups excluding carboxylic acids is 1. The summed E-state index contributed by atoms with van der Waals surface area (Å²) in [4.78, 5) is 11.4. The van der Waals surface area contributed by atoms with E-state index in [2.05, 4.69) is 45.6 Å². The topological polar surface area (TPSA) is 99.8 Å². The zero-order valence-corrected chi connectivity index (χ0v) is 18.9. The van der Waals surface area contributed by atoms with Gasteiger partial charge in [-0.25, -0.2) is 4.68 Å². The van der Waals surface area contributed by atoms with Crippen LogP contribution in [0, 0.1) is 13.8 Å². The van der Waals surface area contributed by atoms with Gasteiger partial charge in [0.2, 0.25) is 11.8 Å². The van der Waals surface area contributed by atoms with Crippen molar-refractivity contribution < 1.29 is 9.21 Å². The Bertz CT molecular complexity index is 1470. The molecule has 0 saturated carbocycles. The Labute approximate surface area is 196 Å². The van der Waals surface area contributed by atoms with Crippen molar-refractivity contribution >= 4 is 5.91 Å². The number of nitrogens with zero attached hydrogens (tertiary/aromatic N) is 4. The molecular formula is C27H23N5O2. The van der Waals surface area contributed by atoms with Gasteiger partial charge in [0.15, 0.2) is 5.69 Å². The van der Waals surface area contributed by atoms with Crippen LogP contribution in [0.5, 0.6) is 0 Å². The minimum atomic E-state index is -0.541. The highest BCUT2D eigenvalue weighted by atomic mass is 16.4. The molecular weight excluding hydrogens is 426 g/mol. The first-order chi connectivity index (χ1) is 16.5. The van der Waals surface area contributed by atoms with Crippen LogP contribution < -0.4 is 5.73 Å². The Balaban J connectivity index is 1.47. The Kier molecular flexibility index (Phi) is 5.51. The largest absolute Gasteiger partial charge is 0.421 e. The summed E-state index contributed by atoms with van der Waals surface area (Å²) in [6.07, 6.45) is 0.691. The number of amides is 1. The molecule has 0 bridgehead atoms. The molecule has 7 heteroatoms. The van der Waals surface area contributed by atoms with Crippen LogP contribution in [0.4, 0.5) is 0 Å². The minimum absolute atomic E-state index is 0.250. The van der Waals surface area contributed by atoms with E-state index < -0.39 is 5.91 Å². The smallest absolute Gasteiger partial charge is 0.269 e. The molecule has 2 N–H and O–H groups in total. The summed E-state index contributed by atoms with van der Waals surface area (Å²) in [5, 5.41) is 12.6. The molecule has 0 atom stereocenters. The zero-order valence-electron chi connectivity index (χ0n) is 18.9. The summed E-state index contributed by atoms with van der Waals surface area (Å²) in [7, 11) is 0. The Morgan fingerprint density at radius 3 is 2.32 bits per heavy atom. The molecule has 0 aliphatic rings. The summed E-state index contributed by atoms with van der Waals surface area (Å²) in [5.74, 6) is 0.495. The fourth-order valence-corrected chi connectivity index (χ4v) is 3.98. The minimum Gasteiger partial charge on any atom is -0.421 e. The van der Waals surface area contributed by atoms with Crippen molar-refractivity contribution in [2.45, 2.75) is 20.3 Å². The van der Waals surface area contributed by atoms with Crippen LogP contribution >= 0.6 is 0 Å². The number of aryl methyl sites for hydroxylation is 2. The highest BCUT2D eigenvalue weighted by molar-refractivity contribution is 5.90. The summed E-state index contributed by atoms with van der Waals surface area (Å²) < 4.78 is 7.49. The second kappa shape index (κ2) is 8.78. The van der Waals surface area contributed by atoms with Crippen LogP contribution in [0.2, 0.25) is 0 Å². The van der Waals surface area contributed by atoms with E-state index in [0.717, 1.165) is 39.2 Å². The number of hydrogen-bond donors (Lipinski definition) is 1. The molecule has 0 aliphatic carbocycles. The third-order valence-electron chi connectivity index (χ3n) is 5.69. The van der Waals surface area contributed by atoms with E-state index in [0.29, 0.717) is 18.2 Å². The molecule has 0 fully saturated rings. The lowest BCUT2D eigenvalue weighted by molar-refractivity contribution is 0.0995. The lowest BCUT2D eigenvalue weighted by atomic mass is 9.95. The van der Waals surface area contributed by atoms with Gasteiger partial charge in [0, 0.05) is 18.2 Å². The van der Waals surface area contributed by atoms with Gasteiger partial charge in [0.25, 0.3) is 5.91 Å². The molecule has 0 saturated heterocycles. The van der Waals surface area contributed by atoms with Gasteiger partial charge in [0.05, 0.1) is 5.69 Å². The van der Waals surface area contributed by atoms with E-state index >= 15 is 0 Å². The van der Waals surface area contributed by atoms with Gasteiger partial charge in [-0.15, -0.1) is 10.2 Å². The van der Waals surface area contributed by atoms with Crippen LogP contribution in [0.25, 0.3) is 28.3 Å². The third kappa shape index (κ3) is 4.23.